The molecule has 1 aliphatic carbocycles. The molecule has 0 radical (unpaired) electrons. The number of aromatic nitrogens is 3. The number of dihydropyridines is 1. The van der Waals surface area contributed by atoms with Crippen LogP contribution in [0.25, 0.3) is 5.69 Å². The highest BCUT2D eigenvalue weighted by Crippen LogP contribution is 2.42. The van der Waals surface area contributed by atoms with Gasteiger partial charge < -0.3 is 10.6 Å². The SMILES string of the molecule is CC1=C(C(=O)NCc2cn(-c3ccc(C)cc3)nn2)C(c2ccc(F)cc2)C2=C(CCCC2=O)N1. The highest BCUT2D eigenvalue weighted by atomic mass is 19.1. The van der Waals surface area contributed by atoms with Gasteiger partial charge in [0.15, 0.2) is 5.78 Å². The van der Waals surface area contributed by atoms with Crippen molar-refractivity contribution in [3.8, 4) is 5.69 Å². The molecular formula is C27H26FN5O2. The first kappa shape index (κ1) is 22.7. The lowest BCUT2D eigenvalue weighted by Crippen LogP contribution is -2.37. The van der Waals surface area contributed by atoms with Gasteiger partial charge in [0.1, 0.15) is 11.5 Å². The first-order valence-corrected chi connectivity index (χ1v) is 11.7. The molecule has 2 aliphatic rings. The molecule has 3 aromatic rings. The van der Waals surface area contributed by atoms with E-state index in [0.29, 0.717) is 34.5 Å². The number of amides is 1. The average molecular weight is 472 g/mol. The predicted molar refractivity (Wildman–Crippen MR) is 129 cm³/mol. The van der Waals surface area contributed by atoms with Crippen LogP contribution in [0.15, 0.2) is 77.3 Å². The molecular weight excluding hydrogens is 445 g/mol. The molecule has 35 heavy (non-hydrogen) atoms. The maximum atomic E-state index is 13.7. The Balaban J connectivity index is 1.40. The van der Waals surface area contributed by atoms with E-state index in [1.807, 2.05) is 38.1 Å². The Labute approximate surface area is 202 Å². The first-order chi connectivity index (χ1) is 16.9. The van der Waals surface area contributed by atoms with E-state index in [0.717, 1.165) is 29.8 Å². The summed E-state index contributed by atoms with van der Waals surface area (Å²) < 4.78 is 15.3. The molecule has 8 heteroatoms. The second-order valence-electron chi connectivity index (χ2n) is 8.99. The van der Waals surface area contributed by atoms with Crippen LogP contribution in [0.2, 0.25) is 0 Å². The smallest absolute Gasteiger partial charge is 0.250 e. The zero-order chi connectivity index (χ0) is 24.5. The van der Waals surface area contributed by atoms with E-state index in [1.165, 1.54) is 12.1 Å². The molecule has 1 aliphatic heterocycles. The number of hydrogen-bond donors (Lipinski definition) is 2. The van der Waals surface area contributed by atoms with Crippen LogP contribution in [0.4, 0.5) is 4.39 Å². The Morgan fingerprint density at radius 3 is 2.60 bits per heavy atom. The number of aryl methyl sites for hydroxylation is 1. The number of allylic oxidation sites excluding steroid dienone is 3. The van der Waals surface area contributed by atoms with Gasteiger partial charge >= 0.3 is 0 Å². The van der Waals surface area contributed by atoms with Crippen molar-refractivity contribution in [3.63, 3.8) is 0 Å². The van der Waals surface area contributed by atoms with E-state index < -0.39 is 5.92 Å². The normalized spacial score (nSPS) is 17.8. The summed E-state index contributed by atoms with van der Waals surface area (Å²) >= 11 is 0. The highest BCUT2D eigenvalue weighted by Gasteiger charge is 2.38. The minimum absolute atomic E-state index is 0.0203. The molecule has 2 N–H and O–H groups in total. The van der Waals surface area contributed by atoms with Gasteiger partial charge in [0.2, 0.25) is 5.91 Å². The van der Waals surface area contributed by atoms with Gasteiger partial charge in [-0.2, -0.15) is 0 Å². The predicted octanol–water partition coefficient (Wildman–Crippen LogP) is 4.00. The summed E-state index contributed by atoms with van der Waals surface area (Å²) in [7, 11) is 0. The van der Waals surface area contributed by atoms with Crippen molar-refractivity contribution in [2.45, 2.75) is 45.6 Å². The second kappa shape index (κ2) is 9.29. The summed E-state index contributed by atoms with van der Waals surface area (Å²) in [5.41, 5.74) is 5.94. The summed E-state index contributed by atoms with van der Waals surface area (Å²) in [6.07, 6.45) is 3.72. The van der Waals surface area contributed by atoms with Crippen LogP contribution < -0.4 is 10.6 Å². The summed E-state index contributed by atoms with van der Waals surface area (Å²) in [6, 6.07) is 13.9. The lowest BCUT2D eigenvalue weighted by molar-refractivity contribution is -0.118. The van der Waals surface area contributed by atoms with Gasteiger partial charge in [-0.25, -0.2) is 9.07 Å². The number of Topliss-reactive ketones (excluding diaryl/α,β-unsaturated/α-hetero) is 1. The van der Waals surface area contributed by atoms with Crippen LogP contribution in [-0.4, -0.2) is 26.7 Å². The molecule has 178 valence electrons. The van der Waals surface area contributed by atoms with E-state index in [-0.39, 0.29) is 24.1 Å². The lowest BCUT2D eigenvalue weighted by atomic mass is 9.75. The zero-order valence-corrected chi connectivity index (χ0v) is 19.6. The fourth-order valence-electron chi connectivity index (χ4n) is 4.74. The van der Waals surface area contributed by atoms with Crippen molar-refractivity contribution in [3.05, 3.63) is 99.9 Å². The van der Waals surface area contributed by atoms with Crippen LogP contribution in [0.1, 0.15) is 48.9 Å². The Morgan fingerprint density at radius 2 is 1.86 bits per heavy atom. The molecule has 1 amide bonds. The van der Waals surface area contributed by atoms with Crippen molar-refractivity contribution in [1.29, 1.82) is 0 Å². The monoisotopic (exact) mass is 471 g/mol. The summed E-state index contributed by atoms with van der Waals surface area (Å²) in [5.74, 6) is -1.20. The van der Waals surface area contributed by atoms with E-state index in [4.69, 9.17) is 0 Å². The minimum atomic E-state index is -0.553. The van der Waals surface area contributed by atoms with Crippen molar-refractivity contribution in [2.75, 3.05) is 0 Å². The van der Waals surface area contributed by atoms with Gasteiger partial charge in [-0.05, 0) is 56.5 Å². The van der Waals surface area contributed by atoms with Crippen LogP contribution in [0, 0.1) is 12.7 Å². The maximum absolute atomic E-state index is 13.7. The number of rotatable bonds is 5. The van der Waals surface area contributed by atoms with E-state index >= 15 is 0 Å². The van der Waals surface area contributed by atoms with E-state index in [9.17, 15) is 14.0 Å². The topological polar surface area (TPSA) is 88.9 Å². The number of nitrogens with one attached hydrogen (secondary N) is 2. The average Bonchev–Trinajstić information content (AvgIpc) is 3.32. The Bertz CT molecular complexity index is 1350. The number of carbonyl (C=O) groups is 2. The molecule has 1 atom stereocenters. The first-order valence-electron chi connectivity index (χ1n) is 11.7. The van der Waals surface area contributed by atoms with E-state index in [1.54, 1.807) is 23.0 Å². The van der Waals surface area contributed by atoms with Crippen molar-refractivity contribution < 1.29 is 14.0 Å². The largest absolute Gasteiger partial charge is 0.362 e. The minimum Gasteiger partial charge on any atom is -0.362 e. The summed E-state index contributed by atoms with van der Waals surface area (Å²) in [6.45, 7) is 4.03. The Hall–Kier alpha value is -4.07. The number of halogens is 1. The van der Waals surface area contributed by atoms with Gasteiger partial charge in [0.25, 0.3) is 0 Å². The van der Waals surface area contributed by atoms with E-state index in [2.05, 4.69) is 20.9 Å². The molecule has 2 aromatic carbocycles. The number of nitrogens with zero attached hydrogens (tertiary/aromatic N) is 3. The lowest BCUT2D eigenvalue weighted by Gasteiger charge is -2.34. The van der Waals surface area contributed by atoms with Gasteiger partial charge in [0.05, 0.1) is 18.4 Å². The van der Waals surface area contributed by atoms with Gasteiger partial charge in [-0.1, -0.05) is 35.0 Å². The molecule has 0 saturated heterocycles. The third-order valence-electron chi connectivity index (χ3n) is 6.49. The Kier molecular flexibility index (Phi) is 6.03. The molecule has 7 nitrogen and oxygen atoms in total. The quantitative estimate of drug-likeness (QED) is 0.587. The molecule has 0 saturated carbocycles. The third kappa shape index (κ3) is 4.51. The molecule has 5 rings (SSSR count). The Morgan fingerprint density at radius 1 is 1.11 bits per heavy atom. The molecule has 0 spiro atoms. The van der Waals surface area contributed by atoms with Gasteiger partial charge in [-0.15, -0.1) is 5.10 Å². The van der Waals surface area contributed by atoms with Crippen molar-refractivity contribution in [2.24, 2.45) is 0 Å². The fraction of sp³-hybridized carbons (Fsp3) is 0.259. The van der Waals surface area contributed by atoms with Crippen molar-refractivity contribution >= 4 is 11.7 Å². The standard InChI is InChI=1S/C27H26FN5O2/c1-16-6-12-21(13-7-16)33-15-20(31-32-33)14-29-27(35)24-17(2)30-22-4-3-5-23(34)26(22)25(24)18-8-10-19(28)11-9-18/h6-13,15,25,30H,3-5,14H2,1-2H3,(H,29,35). The van der Waals surface area contributed by atoms with Gasteiger partial charge in [0, 0.05) is 34.9 Å². The number of carbonyl (C=O) groups excluding carboxylic acids is 2. The van der Waals surface area contributed by atoms with Crippen molar-refractivity contribution in [1.82, 2.24) is 25.6 Å². The second-order valence-corrected chi connectivity index (χ2v) is 8.99. The maximum Gasteiger partial charge on any atom is 0.250 e. The number of hydrogen-bond acceptors (Lipinski definition) is 5. The van der Waals surface area contributed by atoms with Gasteiger partial charge in [-0.3, -0.25) is 9.59 Å². The number of ketones is 1. The zero-order valence-electron chi connectivity index (χ0n) is 19.6. The third-order valence-corrected chi connectivity index (χ3v) is 6.49. The van der Waals surface area contributed by atoms with Crippen LogP contribution in [0.5, 0.6) is 0 Å². The fourth-order valence-corrected chi connectivity index (χ4v) is 4.74. The summed E-state index contributed by atoms with van der Waals surface area (Å²) in [4.78, 5) is 26.4. The molecule has 0 fully saturated rings. The van der Waals surface area contributed by atoms with Crippen LogP contribution >= 0.6 is 0 Å². The highest BCUT2D eigenvalue weighted by molar-refractivity contribution is 6.05. The molecule has 1 aromatic heterocycles. The van der Waals surface area contributed by atoms with Crippen LogP contribution in [0.3, 0.4) is 0 Å². The van der Waals surface area contributed by atoms with Crippen LogP contribution in [-0.2, 0) is 16.1 Å². The summed E-state index contributed by atoms with van der Waals surface area (Å²) in [5, 5.41) is 14.6. The number of benzene rings is 2. The molecule has 0 bridgehead atoms. The molecule has 2 heterocycles. The molecule has 1 unspecified atom stereocenters.